The second kappa shape index (κ2) is 62.2. The van der Waals surface area contributed by atoms with Crippen LogP contribution in [0.25, 0.3) is 0 Å². The Kier molecular flexibility index (Phi) is 60.8. The summed E-state index contributed by atoms with van der Waals surface area (Å²) >= 11 is 0. The van der Waals surface area contributed by atoms with Crippen LogP contribution in [-0.2, 0) is 65.4 Å². The van der Waals surface area contributed by atoms with E-state index in [0.29, 0.717) is 31.6 Å². The summed E-state index contributed by atoms with van der Waals surface area (Å²) in [5.41, 5.74) is 0. The Bertz CT molecular complexity index is 1730. The molecular formula is C70H136O17P2. The van der Waals surface area contributed by atoms with E-state index in [1.807, 2.05) is 0 Å². The fraction of sp³-hybridized carbons (Fsp3) is 0.943. The fourth-order valence-electron chi connectivity index (χ4n) is 10.6. The molecule has 0 saturated heterocycles. The van der Waals surface area contributed by atoms with Crippen molar-refractivity contribution < 1.29 is 80.2 Å². The van der Waals surface area contributed by atoms with E-state index < -0.39 is 97.5 Å². The van der Waals surface area contributed by atoms with Crippen LogP contribution in [0.15, 0.2) is 0 Å². The lowest BCUT2D eigenvalue weighted by Crippen LogP contribution is -2.30. The lowest BCUT2D eigenvalue weighted by atomic mass is 10.0. The molecule has 0 aromatic rings. The van der Waals surface area contributed by atoms with E-state index in [1.165, 1.54) is 173 Å². The smallest absolute Gasteiger partial charge is 0.462 e. The number of carbonyl (C=O) groups is 4. The van der Waals surface area contributed by atoms with Gasteiger partial charge in [0.15, 0.2) is 12.2 Å². The zero-order valence-corrected chi connectivity index (χ0v) is 59.5. The Balaban J connectivity index is 5.22. The standard InChI is InChI=1S/C70H136O17P2/c1-7-9-11-13-15-17-18-19-20-21-22-23-24-30-36-42-48-54-69(74)86-65(58-81-68(73)53-47-41-35-29-26-25-28-32-38-44-50-62(3)4)60-84-88(76,77)82-56-64(71)57-83-89(78,79)85-61-66(59-80-67(72)52-46-40-34-27-16-14-12-10-8-2)87-70(75)55-49-43-37-31-33-39-45-51-63(5)6/h62-66,71H,7-61H2,1-6H3,(H,76,77)(H,78,79)/t64-,65-,66-/m1/s1. The highest BCUT2D eigenvalue weighted by Crippen LogP contribution is 2.45. The molecule has 89 heavy (non-hydrogen) atoms. The van der Waals surface area contributed by atoms with Gasteiger partial charge in [0.25, 0.3) is 0 Å². The fourth-order valence-corrected chi connectivity index (χ4v) is 12.2. The summed E-state index contributed by atoms with van der Waals surface area (Å²) in [4.78, 5) is 72.5. The third-order valence-electron chi connectivity index (χ3n) is 16.2. The third kappa shape index (κ3) is 64.6. The Morgan fingerprint density at radius 2 is 0.517 bits per heavy atom. The molecule has 5 atom stereocenters. The molecule has 2 unspecified atom stereocenters. The van der Waals surface area contributed by atoms with Crippen LogP contribution in [0.3, 0.4) is 0 Å². The van der Waals surface area contributed by atoms with Gasteiger partial charge in [-0.15, -0.1) is 0 Å². The van der Waals surface area contributed by atoms with Gasteiger partial charge in [0.2, 0.25) is 0 Å². The molecule has 0 fully saturated rings. The zero-order valence-electron chi connectivity index (χ0n) is 57.7. The number of phosphoric acid groups is 2. The summed E-state index contributed by atoms with van der Waals surface area (Å²) in [5, 5.41) is 10.6. The van der Waals surface area contributed by atoms with Crippen molar-refractivity contribution in [3.63, 3.8) is 0 Å². The van der Waals surface area contributed by atoms with Crippen molar-refractivity contribution in [2.45, 2.75) is 374 Å². The maximum Gasteiger partial charge on any atom is 0.472 e. The predicted octanol–water partition coefficient (Wildman–Crippen LogP) is 20.0. The van der Waals surface area contributed by atoms with E-state index in [-0.39, 0.29) is 25.7 Å². The summed E-state index contributed by atoms with van der Waals surface area (Å²) in [5.74, 6) is -0.672. The first-order valence-corrected chi connectivity index (χ1v) is 39.5. The zero-order chi connectivity index (χ0) is 65.7. The van der Waals surface area contributed by atoms with E-state index in [2.05, 4.69) is 41.5 Å². The highest BCUT2D eigenvalue weighted by Gasteiger charge is 2.30. The SMILES string of the molecule is CCCCCCCCCCCCCCCCCCCC(=O)O[C@H](COC(=O)CCCCCCCCCCCCC(C)C)COP(=O)(O)OC[C@@H](O)COP(=O)(O)OC[C@@H](COC(=O)CCCCCCCCCCC)OC(=O)CCCCCCCCCC(C)C. The van der Waals surface area contributed by atoms with Crippen molar-refractivity contribution in [2.24, 2.45) is 11.8 Å². The van der Waals surface area contributed by atoms with Crippen LogP contribution in [0.5, 0.6) is 0 Å². The summed E-state index contributed by atoms with van der Waals surface area (Å²) < 4.78 is 68.2. The maximum absolute atomic E-state index is 13.0. The number of rotatable bonds is 69. The predicted molar refractivity (Wildman–Crippen MR) is 358 cm³/mol. The quantitative estimate of drug-likeness (QED) is 0.0222. The summed E-state index contributed by atoms with van der Waals surface area (Å²) in [7, 11) is -9.90. The van der Waals surface area contributed by atoms with Crippen molar-refractivity contribution >= 4 is 39.5 Å². The van der Waals surface area contributed by atoms with Gasteiger partial charge in [-0.05, 0) is 37.5 Å². The van der Waals surface area contributed by atoms with Gasteiger partial charge >= 0.3 is 39.5 Å². The molecule has 0 aliphatic carbocycles. The number of hydrogen-bond acceptors (Lipinski definition) is 15. The van der Waals surface area contributed by atoms with E-state index in [1.54, 1.807) is 0 Å². The molecule has 0 spiro atoms. The molecule has 0 aromatic carbocycles. The number of carbonyl (C=O) groups excluding carboxylic acids is 4. The Hall–Kier alpha value is -1.94. The number of esters is 4. The Labute approximate surface area is 543 Å². The highest BCUT2D eigenvalue weighted by molar-refractivity contribution is 7.47. The van der Waals surface area contributed by atoms with Gasteiger partial charge in [0.05, 0.1) is 26.4 Å². The van der Waals surface area contributed by atoms with Crippen LogP contribution < -0.4 is 0 Å². The van der Waals surface area contributed by atoms with E-state index in [0.717, 1.165) is 95.8 Å². The van der Waals surface area contributed by atoms with Crippen molar-refractivity contribution in [3.8, 4) is 0 Å². The van der Waals surface area contributed by atoms with Gasteiger partial charge in [-0.2, -0.15) is 0 Å². The molecule has 19 heteroatoms. The van der Waals surface area contributed by atoms with Gasteiger partial charge in [0.1, 0.15) is 19.3 Å². The number of ether oxygens (including phenoxy) is 4. The van der Waals surface area contributed by atoms with Crippen molar-refractivity contribution in [1.29, 1.82) is 0 Å². The van der Waals surface area contributed by atoms with Gasteiger partial charge < -0.3 is 33.8 Å². The molecule has 0 aromatic heterocycles. The minimum Gasteiger partial charge on any atom is -0.462 e. The molecule has 17 nitrogen and oxygen atoms in total. The number of aliphatic hydroxyl groups is 1. The van der Waals surface area contributed by atoms with Crippen LogP contribution in [-0.4, -0.2) is 96.7 Å². The minimum atomic E-state index is -4.95. The molecular weight excluding hydrogens is 1170 g/mol. The summed E-state index contributed by atoms with van der Waals surface area (Å²) in [6.07, 6.45) is 47.3. The summed E-state index contributed by atoms with van der Waals surface area (Å²) in [6.45, 7) is 9.46. The van der Waals surface area contributed by atoms with Gasteiger partial charge in [-0.3, -0.25) is 37.3 Å². The van der Waals surface area contributed by atoms with Crippen LogP contribution in [0.2, 0.25) is 0 Å². The van der Waals surface area contributed by atoms with Gasteiger partial charge in [-0.1, -0.05) is 305 Å². The average Bonchev–Trinajstić information content (AvgIpc) is 3.71. The van der Waals surface area contributed by atoms with Gasteiger partial charge in [-0.25, -0.2) is 9.13 Å². The van der Waals surface area contributed by atoms with Crippen molar-refractivity contribution in [3.05, 3.63) is 0 Å². The molecule has 0 bridgehead atoms. The molecule has 0 saturated carbocycles. The van der Waals surface area contributed by atoms with Crippen LogP contribution in [0.4, 0.5) is 0 Å². The number of unbranched alkanes of at least 4 members (excludes halogenated alkanes) is 39. The van der Waals surface area contributed by atoms with Crippen molar-refractivity contribution in [1.82, 2.24) is 0 Å². The normalized spacial score (nSPS) is 14.1. The van der Waals surface area contributed by atoms with E-state index in [9.17, 15) is 43.2 Å². The molecule has 0 rings (SSSR count). The molecule has 0 aliphatic rings. The molecule has 0 amide bonds. The molecule has 3 N–H and O–H groups in total. The Morgan fingerprint density at radius 1 is 0.303 bits per heavy atom. The molecule has 528 valence electrons. The maximum atomic E-state index is 13.0. The first-order chi connectivity index (χ1) is 42.9. The number of hydrogen-bond donors (Lipinski definition) is 3. The molecule has 0 aliphatic heterocycles. The van der Waals surface area contributed by atoms with Crippen LogP contribution in [0, 0.1) is 11.8 Å². The lowest BCUT2D eigenvalue weighted by Gasteiger charge is -2.21. The first kappa shape index (κ1) is 87.1. The third-order valence-corrected chi connectivity index (χ3v) is 18.1. The monoisotopic (exact) mass is 1310 g/mol. The van der Waals surface area contributed by atoms with E-state index >= 15 is 0 Å². The van der Waals surface area contributed by atoms with E-state index in [4.69, 9.17) is 37.0 Å². The van der Waals surface area contributed by atoms with Crippen LogP contribution >= 0.6 is 15.6 Å². The Morgan fingerprint density at radius 3 is 0.764 bits per heavy atom. The number of aliphatic hydroxyl groups excluding tert-OH is 1. The second-order valence-electron chi connectivity index (χ2n) is 26.2. The lowest BCUT2D eigenvalue weighted by molar-refractivity contribution is -0.161. The van der Waals surface area contributed by atoms with Crippen molar-refractivity contribution in [2.75, 3.05) is 39.6 Å². The number of phosphoric ester groups is 2. The minimum absolute atomic E-state index is 0.103. The topological polar surface area (TPSA) is 237 Å². The largest absolute Gasteiger partial charge is 0.472 e. The van der Waals surface area contributed by atoms with Crippen LogP contribution in [0.1, 0.15) is 356 Å². The van der Waals surface area contributed by atoms with Gasteiger partial charge in [0, 0.05) is 25.7 Å². The first-order valence-electron chi connectivity index (χ1n) is 36.5. The summed E-state index contributed by atoms with van der Waals surface area (Å²) in [6, 6.07) is 0. The second-order valence-corrected chi connectivity index (χ2v) is 29.1. The highest BCUT2D eigenvalue weighted by atomic mass is 31.2. The molecule has 0 radical (unpaired) electrons. The average molecular weight is 1310 g/mol. The molecule has 0 heterocycles.